The number of nitrogens with one attached hydrogen (secondary N) is 1. The largest absolute Gasteiger partial charge is 0.325 e. The molecule has 0 bridgehead atoms. The Hall–Kier alpha value is -0.870. The van der Waals surface area contributed by atoms with Crippen LogP contribution in [-0.4, -0.2) is 22.6 Å². The van der Waals surface area contributed by atoms with Crippen LogP contribution in [0.5, 0.6) is 0 Å². The van der Waals surface area contributed by atoms with Gasteiger partial charge in [-0.25, -0.2) is 4.98 Å². The summed E-state index contributed by atoms with van der Waals surface area (Å²) in [7, 11) is 0. The van der Waals surface area contributed by atoms with Gasteiger partial charge in [0.2, 0.25) is 0 Å². The summed E-state index contributed by atoms with van der Waals surface area (Å²) in [6.07, 6.45) is 6.40. The molecular formula is C16H20BrN3. The first-order chi connectivity index (χ1) is 9.81. The fourth-order valence-corrected chi connectivity index (χ4v) is 3.71. The second-order valence-electron chi connectivity index (χ2n) is 6.18. The molecule has 1 aliphatic carbocycles. The fourth-order valence-electron chi connectivity index (χ4n) is 3.36. The molecule has 3 nitrogen and oxygen atoms in total. The van der Waals surface area contributed by atoms with Crippen LogP contribution in [0.25, 0.3) is 11.0 Å². The molecule has 1 aromatic heterocycles. The number of fused-ring (bicyclic) bond motifs is 1. The molecule has 2 fully saturated rings. The summed E-state index contributed by atoms with van der Waals surface area (Å²) < 4.78 is 3.63. The number of benzene rings is 1. The highest BCUT2D eigenvalue weighted by Crippen LogP contribution is 2.39. The van der Waals surface area contributed by atoms with Crippen molar-refractivity contribution >= 4 is 27.0 Å². The normalized spacial score (nSPS) is 23.4. The van der Waals surface area contributed by atoms with E-state index in [1.807, 2.05) is 0 Å². The van der Waals surface area contributed by atoms with Crippen molar-refractivity contribution in [1.82, 2.24) is 14.9 Å². The maximum Gasteiger partial charge on any atom is 0.110 e. The minimum atomic E-state index is 0.702. The zero-order valence-electron chi connectivity index (χ0n) is 11.6. The Morgan fingerprint density at radius 2 is 2.20 bits per heavy atom. The van der Waals surface area contributed by atoms with E-state index >= 15 is 0 Å². The third kappa shape index (κ3) is 2.40. The number of halogens is 1. The summed E-state index contributed by atoms with van der Waals surface area (Å²) in [5, 5.41) is 3.52. The first-order valence-electron chi connectivity index (χ1n) is 7.68. The number of rotatable bonds is 3. The average molecular weight is 334 g/mol. The second-order valence-corrected chi connectivity index (χ2v) is 7.09. The lowest BCUT2D eigenvalue weighted by Gasteiger charge is -2.22. The standard InChI is InChI=1S/C16H20BrN3/c17-12-3-6-15-14(9-12)19-16(20(15)13-4-5-13)8-11-2-1-7-18-10-11/h3,6,9,11,13,18H,1-2,4-5,7-8,10H2. The van der Waals surface area contributed by atoms with Gasteiger partial charge < -0.3 is 9.88 Å². The van der Waals surface area contributed by atoms with Crippen LogP contribution < -0.4 is 5.32 Å². The van der Waals surface area contributed by atoms with E-state index < -0.39 is 0 Å². The maximum atomic E-state index is 4.93. The fraction of sp³-hybridized carbons (Fsp3) is 0.562. The SMILES string of the molecule is Brc1ccc2c(c1)nc(CC1CCCNC1)n2C1CC1. The molecule has 1 saturated heterocycles. The van der Waals surface area contributed by atoms with Gasteiger partial charge in [0.15, 0.2) is 0 Å². The van der Waals surface area contributed by atoms with Crippen molar-refractivity contribution in [1.29, 1.82) is 0 Å². The van der Waals surface area contributed by atoms with Crippen molar-refractivity contribution in [2.24, 2.45) is 5.92 Å². The molecule has 20 heavy (non-hydrogen) atoms. The van der Waals surface area contributed by atoms with E-state index in [4.69, 9.17) is 4.98 Å². The van der Waals surface area contributed by atoms with Crippen molar-refractivity contribution in [2.75, 3.05) is 13.1 Å². The Balaban J connectivity index is 1.71. The topological polar surface area (TPSA) is 29.9 Å². The van der Waals surface area contributed by atoms with Gasteiger partial charge in [-0.1, -0.05) is 15.9 Å². The molecule has 4 rings (SSSR count). The predicted molar refractivity (Wildman–Crippen MR) is 85.0 cm³/mol. The van der Waals surface area contributed by atoms with E-state index in [1.165, 1.54) is 43.6 Å². The smallest absolute Gasteiger partial charge is 0.110 e. The Kier molecular flexibility index (Phi) is 3.31. The number of hydrogen-bond acceptors (Lipinski definition) is 2. The van der Waals surface area contributed by atoms with Gasteiger partial charge in [0.05, 0.1) is 11.0 Å². The molecule has 1 N–H and O–H groups in total. The lowest BCUT2D eigenvalue weighted by molar-refractivity contribution is 0.367. The van der Waals surface area contributed by atoms with Crippen molar-refractivity contribution < 1.29 is 0 Å². The number of aromatic nitrogens is 2. The van der Waals surface area contributed by atoms with Crippen molar-refractivity contribution in [3.05, 3.63) is 28.5 Å². The number of nitrogens with zero attached hydrogens (tertiary/aromatic N) is 2. The average Bonchev–Trinajstić information content (AvgIpc) is 3.22. The molecule has 1 aliphatic heterocycles. The van der Waals surface area contributed by atoms with Gasteiger partial charge in [0.1, 0.15) is 5.82 Å². The van der Waals surface area contributed by atoms with Crippen LogP contribution in [0.1, 0.15) is 37.5 Å². The van der Waals surface area contributed by atoms with Crippen molar-refractivity contribution in [3.8, 4) is 0 Å². The van der Waals surface area contributed by atoms with Crippen LogP contribution in [0, 0.1) is 5.92 Å². The van der Waals surface area contributed by atoms with E-state index in [2.05, 4.69) is 44.0 Å². The van der Waals surface area contributed by atoms with Gasteiger partial charge in [0, 0.05) is 16.9 Å². The Bertz CT molecular complexity index is 624. The molecular weight excluding hydrogens is 314 g/mol. The molecule has 2 heterocycles. The third-order valence-electron chi connectivity index (χ3n) is 4.51. The molecule has 2 aromatic rings. The lowest BCUT2D eigenvalue weighted by atomic mass is 9.96. The maximum absolute atomic E-state index is 4.93. The summed E-state index contributed by atoms with van der Waals surface area (Å²) in [4.78, 5) is 4.93. The van der Waals surface area contributed by atoms with Crippen LogP contribution in [0.4, 0.5) is 0 Å². The molecule has 0 spiro atoms. The predicted octanol–water partition coefficient (Wildman–Crippen LogP) is 3.68. The summed E-state index contributed by atoms with van der Waals surface area (Å²) in [6, 6.07) is 7.20. The van der Waals surface area contributed by atoms with Crippen LogP contribution in [0.15, 0.2) is 22.7 Å². The second kappa shape index (κ2) is 5.15. The molecule has 1 unspecified atom stereocenters. The number of piperidine rings is 1. The molecule has 1 atom stereocenters. The quantitative estimate of drug-likeness (QED) is 0.928. The van der Waals surface area contributed by atoms with Gasteiger partial charge in [-0.05, 0) is 62.9 Å². The molecule has 1 saturated carbocycles. The number of imidazole rings is 1. The van der Waals surface area contributed by atoms with E-state index in [0.29, 0.717) is 6.04 Å². The van der Waals surface area contributed by atoms with E-state index in [1.54, 1.807) is 0 Å². The molecule has 1 aromatic carbocycles. The Labute approximate surface area is 127 Å². The highest BCUT2D eigenvalue weighted by atomic mass is 79.9. The van der Waals surface area contributed by atoms with Gasteiger partial charge in [-0.2, -0.15) is 0 Å². The van der Waals surface area contributed by atoms with Gasteiger partial charge in [-0.15, -0.1) is 0 Å². The van der Waals surface area contributed by atoms with E-state index in [-0.39, 0.29) is 0 Å². The first kappa shape index (κ1) is 12.8. The summed E-state index contributed by atoms with van der Waals surface area (Å²) in [5.74, 6) is 2.05. The van der Waals surface area contributed by atoms with Gasteiger partial charge in [-0.3, -0.25) is 0 Å². The van der Waals surface area contributed by atoms with E-state index in [9.17, 15) is 0 Å². The molecule has 4 heteroatoms. The summed E-state index contributed by atoms with van der Waals surface area (Å²) in [6.45, 7) is 2.33. The highest BCUT2D eigenvalue weighted by molar-refractivity contribution is 9.10. The Morgan fingerprint density at radius 1 is 1.30 bits per heavy atom. The van der Waals surface area contributed by atoms with Gasteiger partial charge >= 0.3 is 0 Å². The Morgan fingerprint density at radius 3 is 2.95 bits per heavy atom. The minimum absolute atomic E-state index is 0.702. The van der Waals surface area contributed by atoms with Crippen LogP contribution in [0.3, 0.4) is 0 Å². The summed E-state index contributed by atoms with van der Waals surface area (Å²) >= 11 is 3.56. The lowest BCUT2D eigenvalue weighted by Crippen LogP contribution is -2.31. The van der Waals surface area contributed by atoms with Crippen LogP contribution in [0.2, 0.25) is 0 Å². The van der Waals surface area contributed by atoms with Crippen molar-refractivity contribution in [2.45, 2.75) is 38.1 Å². The molecule has 106 valence electrons. The van der Waals surface area contributed by atoms with Crippen LogP contribution >= 0.6 is 15.9 Å². The van der Waals surface area contributed by atoms with Crippen molar-refractivity contribution in [3.63, 3.8) is 0 Å². The third-order valence-corrected chi connectivity index (χ3v) is 5.00. The zero-order valence-corrected chi connectivity index (χ0v) is 13.2. The van der Waals surface area contributed by atoms with Crippen LogP contribution in [-0.2, 0) is 6.42 Å². The highest BCUT2D eigenvalue weighted by Gasteiger charge is 2.29. The minimum Gasteiger partial charge on any atom is -0.325 e. The van der Waals surface area contributed by atoms with Gasteiger partial charge in [0.25, 0.3) is 0 Å². The molecule has 2 aliphatic rings. The monoisotopic (exact) mass is 333 g/mol. The number of hydrogen-bond donors (Lipinski definition) is 1. The first-order valence-corrected chi connectivity index (χ1v) is 8.47. The molecule has 0 amide bonds. The molecule has 0 radical (unpaired) electrons. The zero-order chi connectivity index (χ0) is 13.5. The van der Waals surface area contributed by atoms with E-state index in [0.717, 1.165) is 28.9 Å². The summed E-state index contributed by atoms with van der Waals surface area (Å²) in [5.41, 5.74) is 2.46.